The van der Waals surface area contributed by atoms with Gasteiger partial charge in [0.05, 0.1) is 5.75 Å². The summed E-state index contributed by atoms with van der Waals surface area (Å²) in [6, 6.07) is 14.9. The van der Waals surface area contributed by atoms with E-state index in [1.165, 1.54) is 29.2 Å². The van der Waals surface area contributed by atoms with Crippen LogP contribution >= 0.6 is 34.7 Å². The summed E-state index contributed by atoms with van der Waals surface area (Å²) in [5, 5.41) is 14.4. The van der Waals surface area contributed by atoms with Crippen LogP contribution in [0.3, 0.4) is 0 Å². The standard InChI is InChI=1S/C20H17ClN4O2S2/c1-13-15(21)8-5-9-16(13)22-18(27)12-28-20-25-24-19(29-20)23-17(26)11-10-14-6-3-2-4-7-14/h2-11H,12H2,1H3,(H,22,27)(H,23,24,26). The Morgan fingerprint density at radius 1 is 1.10 bits per heavy atom. The highest BCUT2D eigenvalue weighted by atomic mass is 35.5. The monoisotopic (exact) mass is 444 g/mol. The molecule has 2 N–H and O–H groups in total. The molecular weight excluding hydrogens is 428 g/mol. The second kappa shape index (κ2) is 10.2. The number of benzene rings is 2. The maximum absolute atomic E-state index is 12.2. The molecule has 0 saturated carbocycles. The first-order valence-corrected chi connectivity index (χ1v) is 10.7. The predicted octanol–water partition coefficient (Wildman–Crippen LogP) is 4.88. The summed E-state index contributed by atoms with van der Waals surface area (Å²) in [6.45, 7) is 1.84. The van der Waals surface area contributed by atoms with Crippen LogP contribution in [0.2, 0.25) is 5.02 Å². The molecule has 1 aromatic heterocycles. The van der Waals surface area contributed by atoms with Crippen LogP contribution in [-0.4, -0.2) is 27.8 Å². The van der Waals surface area contributed by atoms with Crippen molar-refractivity contribution in [3.63, 3.8) is 0 Å². The molecule has 3 rings (SSSR count). The summed E-state index contributed by atoms with van der Waals surface area (Å²) in [6.07, 6.45) is 3.15. The lowest BCUT2D eigenvalue weighted by molar-refractivity contribution is -0.114. The lowest BCUT2D eigenvalue weighted by Crippen LogP contribution is -2.14. The molecule has 0 saturated heterocycles. The number of anilines is 2. The number of rotatable bonds is 7. The number of nitrogens with one attached hydrogen (secondary N) is 2. The minimum absolute atomic E-state index is 0.169. The molecule has 0 spiro atoms. The number of hydrogen-bond donors (Lipinski definition) is 2. The van der Waals surface area contributed by atoms with Crippen LogP contribution in [0, 0.1) is 6.92 Å². The first-order valence-electron chi connectivity index (χ1n) is 8.56. The minimum Gasteiger partial charge on any atom is -0.325 e. The Hall–Kier alpha value is -2.68. The number of aromatic nitrogens is 2. The quantitative estimate of drug-likeness (QED) is 0.308. The summed E-state index contributed by atoms with van der Waals surface area (Å²) in [5.41, 5.74) is 2.42. The van der Waals surface area contributed by atoms with Gasteiger partial charge in [0, 0.05) is 16.8 Å². The van der Waals surface area contributed by atoms with Gasteiger partial charge in [-0.1, -0.05) is 71.1 Å². The molecule has 0 radical (unpaired) electrons. The Labute approximate surface area is 181 Å². The molecule has 148 valence electrons. The molecule has 0 atom stereocenters. The largest absolute Gasteiger partial charge is 0.325 e. The maximum Gasteiger partial charge on any atom is 0.250 e. The number of hydrogen-bond acceptors (Lipinski definition) is 6. The number of halogens is 1. The van der Waals surface area contributed by atoms with E-state index in [2.05, 4.69) is 20.8 Å². The van der Waals surface area contributed by atoms with Crippen molar-refractivity contribution < 1.29 is 9.59 Å². The predicted molar refractivity (Wildman–Crippen MR) is 120 cm³/mol. The average Bonchev–Trinajstić information content (AvgIpc) is 3.16. The summed E-state index contributed by atoms with van der Waals surface area (Å²) in [5.74, 6) is -0.301. The summed E-state index contributed by atoms with van der Waals surface area (Å²) < 4.78 is 0.588. The van der Waals surface area contributed by atoms with Crippen molar-refractivity contribution in [2.75, 3.05) is 16.4 Å². The van der Waals surface area contributed by atoms with Gasteiger partial charge in [-0.3, -0.25) is 14.9 Å². The van der Waals surface area contributed by atoms with Crippen LogP contribution in [0.5, 0.6) is 0 Å². The lowest BCUT2D eigenvalue weighted by Gasteiger charge is -2.08. The van der Waals surface area contributed by atoms with Crippen molar-refractivity contribution in [2.24, 2.45) is 0 Å². The third-order valence-corrected chi connectivity index (χ3v) is 6.11. The molecule has 0 fully saturated rings. The van der Waals surface area contributed by atoms with E-state index >= 15 is 0 Å². The van der Waals surface area contributed by atoms with Crippen LogP contribution in [0.1, 0.15) is 11.1 Å². The van der Waals surface area contributed by atoms with Crippen molar-refractivity contribution in [1.29, 1.82) is 0 Å². The van der Waals surface area contributed by atoms with Crippen molar-refractivity contribution in [3.05, 3.63) is 70.8 Å². The van der Waals surface area contributed by atoms with E-state index in [1.807, 2.05) is 37.3 Å². The van der Waals surface area contributed by atoms with Gasteiger partial charge in [0.2, 0.25) is 16.9 Å². The van der Waals surface area contributed by atoms with Gasteiger partial charge >= 0.3 is 0 Å². The topological polar surface area (TPSA) is 84.0 Å². The highest BCUT2D eigenvalue weighted by Gasteiger charge is 2.11. The Morgan fingerprint density at radius 3 is 2.69 bits per heavy atom. The Bertz CT molecular complexity index is 1040. The maximum atomic E-state index is 12.2. The third-order valence-electron chi connectivity index (χ3n) is 3.73. The van der Waals surface area contributed by atoms with Gasteiger partial charge in [0.1, 0.15) is 0 Å². The number of amides is 2. The molecule has 6 nitrogen and oxygen atoms in total. The zero-order valence-corrected chi connectivity index (χ0v) is 17.8. The third kappa shape index (κ3) is 6.42. The number of thioether (sulfide) groups is 1. The van der Waals surface area contributed by atoms with Gasteiger partial charge in [0.15, 0.2) is 4.34 Å². The van der Waals surface area contributed by atoms with Crippen LogP contribution in [0.15, 0.2) is 58.9 Å². The fourth-order valence-electron chi connectivity index (χ4n) is 2.26. The van der Waals surface area contributed by atoms with Gasteiger partial charge < -0.3 is 5.32 Å². The lowest BCUT2D eigenvalue weighted by atomic mass is 10.2. The van der Waals surface area contributed by atoms with Crippen molar-refractivity contribution >= 4 is 63.4 Å². The summed E-state index contributed by atoms with van der Waals surface area (Å²) in [4.78, 5) is 24.1. The minimum atomic E-state index is -0.296. The normalized spacial score (nSPS) is 10.8. The first-order chi connectivity index (χ1) is 14.0. The second-order valence-electron chi connectivity index (χ2n) is 5.86. The average molecular weight is 445 g/mol. The molecule has 0 bridgehead atoms. The van der Waals surface area contributed by atoms with E-state index in [1.54, 1.807) is 24.3 Å². The van der Waals surface area contributed by atoms with Gasteiger partial charge in [-0.05, 0) is 36.3 Å². The smallest absolute Gasteiger partial charge is 0.250 e. The molecule has 2 amide bonds. The molecule has 2 aromatic carbocycles. The van der Waals surface area contributed by atoms with Gasteiger partial charge in [0.25, 0.3) is 0 Å². The van der Waals surface area contributed by atoms with E-state index < -0.39 is 0 Å². The molecule has 0 aliphatic carbocycles. The van der Waals surface area contributed by atoms with E-state index in [-0.39, 0.29) is 17.6 Å². The van der Waals surface area contributed by atoms with E-state index in [0.717, 1.165) is 11.1 Å². The Morgan fingerprint density at radius 2 is 1.90 bits per heavy atom. The van der Waals surface area contributed by atoms with Crippen LogP contribution in [-0.2, 0) is 9.59 Å². The second-order valence-corrected chi connectivity index (χ2v) is 8.46. The van der Waals surface area contributed by atoms with Gasteiger partial charge in [-0.2, -0.15) is 0 Å². The fraction of sp³-hybridized carbons (Fsp3) is 0.100. The highest BCUT2D eigenvalue weighted by molar-refractivity contribution is 8.01. The van der Waals surface area contributed by atoms with Gasteiger partial charge in [-0.25, -0.2) is 0 Å². The molecule has 0 aliphatic rings. The van der Waals surface area contributed by atoms with E-state index in [0.29, 0.717) is 20.2 Å². The highest BCUT2D eigenvalue weighted by Crippen LogP contribution is 2.27. The van der Waals surface area contributed by atoms with Gasteiger partial charge in [-0.15, -0.1) is 10.2 Å². The van der Waals surface area contributed by atoms with Crippen LogP contribution < -0.4 is 10.6 Å². The van der Waals surface area contributed by atoms with Crippen molar-refractivity contribution in [2.45, 2.75) is 11.3 Å². The van der Waals surface area contributed by atoms with Crippen LogP contribution in [0.25, 0.3) is 6.08 Å². The van der Waals surface area contributed by atoms with E-state index in [9.17, 15) is 9.59 Å². The Balaban J connectivity index is 1.48. The molecule has 29 heavy (non-hydrogen) atoms. The zero-order chi connectivity index (χ0) is 20.6. The zero-order valence-electron chi connectivity index (χ0n) is 15.4. The number of carbonyl (C=O) groups excluding carboxylic acids is 2. The number of carbonyl (C=O) groups is 2. The number of nitrogens with zero attached hydrogens (tertiary/aromatic N) is 2. The van der Waals surface area contributed by atoms with Crippen LogP contribution in [0.4, 0.5) is 10.8 Å². The molecule has 3 aromatic rings. The first kappa shape index (κ1) is 21.0. The molecule has 9 heteroatoms. The van der Waals surface area contributed by atoms with E-state index in [4.69, 9.17) is 11.6 Å². The van der Waals surface area contributed by atoms with Crippen molar-refractivity contribution in [3.8, 4) is 0 Å². The summed E-state index contributed by atoms with van der Waals surface area (Å²) in [7, 11) is 0. The SMILES string of the molecule is Cc1c(Cl)cccc1NC(=O)CSc1nnc(NC(=O)C=Cc2ccccc2)s1. The molecule has 0 unspecified atom stereocenters. The van der Waals surface area contributed by atoms with Crippen molar-refractivity contribution in [1.82, 2.24) is 10.2 Å². The molecule has 0 aliphatic heterocycles. The molecule has 1 heterocycles. The fourth-order valence-corrected chi connectivity index (χ4v) is 3.99. The summed E-state index contributed by atoms with van der Waals surface area (Å²) >= 11 is 8.52. The Kier molecular flexibility index (Phi) is 7.40. The molecular formula is C20H17ClN4O2S2.